The fourth-order valence-corrected chi connectivity index (χ4v) is 6.31. The van der Waals surface area contributed by atoms with Crippen LogP contribution in [-0.4, -0.2) is 44.3 Å². The highest BCUT2D eigenvalue weighted by Gasteiger charge is 2.34. The largest absolute Gasteiger partial charge is 0.354 e. The van der Waals surface area contributed by atoms with Crippen molar-refractivity contribution in [2.75, 3.05) is 17.4 Å². The molecule has 0 saturated carbocycles. The van der Waals surface area contributed by atoms with Crippen LogP contribution >= 0.6 is 11.6 Å². The summed E-state index contributed by atoms with van der Waals surface area (Å²) in [5.41, 5.74) is 2.39. The summed E-state index contributed by atoms with van der Waals surface area (Å²) in [6, 6.07) is 26.4. The average molecular weight is 636 g/mol. The fourth-order valence-electron chi connectivity index (χ4n) is 4.70. The van der Waals surface area contributed by atoms with E-state index in [1.54, 1.807) is 36.4 Å². The predicted molar refractivity (Wildman–Crippen MR) is 171 cm³/mol. The number of sulfonamides is 1. The molecule has 10 heteroatoms. The predicted octanol–water partition coefficient (Wildman–Crippen LogP) is 6.15. The number of anilines is 1. The Hall–Kier alpha value is -4.21. The number of amides is 2. The Morgan fingerprint density at radius 2 is 1.52 bits per heavy atom. The van der Waals surface area contributed by atoms with Crippen molar-refractivity contribution >= 4 is 39.1 Å². The van der Waals surface area contributed by atoms with Crippen molar-refractivity contribution in [1.29, 1.82) is 0 Å². The third kappa shape index (κ3) is 8.24. The van der Waals surface area contributed by atoms with E-state index in [9.17, 15) is 22.4 Å². The summed E-state index contributed by atoms with van der Waals surface area (Å²) in [6.07, 6.45) is 0.878. The van der Waals surface area contributed by atoms with Crippen LogP contribution in [0.4, 0.5) is 10.1 Å². The molecule has 0 fully saturated rings. The second-order valence-electron chi connectivity index (χ2n) is 10.4. The van der Waals surface area contributed by atoms with Gasteiger partial charge in [0.15, 0.2) is 0 Å². The highest BCUT2D eigenvalue weighted by molar-refractivity contribution is 7.92. The van der Waals surface area contributed by atoms with Gasteiger partial charge in [0.05, 0.1) is 10.6 Å². The van der Waals surface area contributed by atoms with E-state index in [-0.39, 0.29) is 29.5 Å². The van der Waals surface area contributed by atoms with Crippen molar-refractivity contribution in [2.24, 2.45) is 0 Å². The van der Waals surface area contributed by atoms with Gasteiger partial charge in [-0.15, -0.1) is 0 Å². The van der Waals surface area contributed by atoms with Gasteiger partial charge >= 0.3 is 0 Å². The molecule has 0 unspecified atom stereocenters. The topological polar surface area (TPSA) is 86.8 Å². The van der Waals surface area contributed by atoms with Crippen LogP contribution in [0.25, 0.3) is 0 Å². The second-order valence-corrected chi connectivity index (χ2v) is 12.7. The number of aryl methyl sites for hydroxylation is 1. The van der Waals surface area contributed by atoms with Crippen LogP contribution in [0.1, 0.15) is 30.0 Å². The van der Waals surface area contributed by atoms with Gasteiger partial charge < -0.3 is 10.2 Å². The van der Waals surface area contributed by atoms with Crippen molar-refractivity contribution in [1.82, 2.24) is 10.2 Å². The van der Waals surface area contributed by atoms with Gasteiger partial charge in [-0.25, -0.2) is 12.8 Å². The highest BCUT2D eigenvalue weighted by Crippen LogP contribution is 2.26. The minimum Gasteiger partial charge on any atom is -0.354 e. The molecule has 0 aliphatic carbocycles. The summed E-state index contributed by atoms with van der Waals surface area (Å²) in [7, 11) is -4.28. The summed E-state index contributed by atoms with van der Waals surface area (Å²) in [5, 5.41) is 3.30. The van der Waals surface area contributed by atoms with Gasteiger partial charge in [0.2, 0.25) is 11.8 Å². The molecule has 0 spiro atoms. The highest BCUT2D eigenvalue weighted by atomic mass is 35.5. The maximum absolute atomic E-state index is 14.4. The number of nitrogens with one attached hydrogen (secondary N) is 1. The van der Waals surface area contributed by atoms with E-state index >= 15 is 0 Å². The molecule has 0 aliphatic rings. The van der Waals surface area contributed by atoms with Crippen LogP contribution in [0, 0.1) is 12.7 Å². The minimum atomic E-state index is -4.28. The molecule has 0 aromatic heterocycles. The van der Waals surface area contributed by atoms with Gasteiger partial charge in [0.25, 0.3) is 10.0 Å². The molecule has 0 radical (unpaired) electrons. The zero-order valence-corrected chi connectivity index (χ0v) is 26.2. The lowest BCUT2D eigenvalue weighted by Gasteiger charge is -2.34. The quantitative estimate of drug-likeness (QED) is 0.191. The molecule has 1 atom stereocenters. The van der Waals surface area contributed by atoms with E-state index < -0.39 is 34.3 Å². The van der Waals surface area contributed by atoms with Crippen LogP contribution in [0.3, 0.4) is 0 Å². The van der Waals surface area contributed by atoms with E-state index in [4.69, 9.17) is 11.6 Å². The number of hydrogen-bond donors (Lipinski definition) is 1. The first-order chi connectivity index (χ1) is 21.1. The number of rotatable bonds is 13. The van der Waals surface area contributed by atoms with Crippen LogP contribution in [0.5, 0.6) is 0 Å². The number of carbonyl (C=O) groups is 2. The number of benzene rings is 4. The van der Waals surface area contributed by atoms with Gasteiger partial charge in [-0.3, -0.25) is 13.9 Å². The molecular weight excluding hydrogens is 601 g/mol. The molecular formula is C34H35ClFN3O4S. The third-order valence-electron chi connectivity index (χ3n) is 7.12. The van der Waals surface area contributed by atoms with E-state index in [1.807, 2.05) is 44.2 Å². The molecule has 0 bridgehead atoms. The molecule has 0 aliphatic heterocycles. The van der Waals surface area contributed by atoms with E-state index in [0.717, 1.165) is 27.6 Å². The summed E-state index contributed by atoms with van der Waals surface area (Å²) in [5.74, 6) is -1.55. The Morgan fingerprint density at radius 3 is 2.16 bits per heavy atom. The first-order valence-electron chi connectivity index (χ1n) is 14.3. The van der Waals surface area contributed by atoms with Crippen LogP contribution in [0.2, 0.25) is 5.02 Å². The summed E-state index contributed by atoms with van der Waals surface area (Å²) >= 11 is 6.50. The maximum Gasteiger partial charge on any atom is 0.264 e. The summed E-state index contributed by atoms with van der Waals surface area (Å²) in [4.78, 5) is 29.4. The molecule has 0 saturated heterocycles. The second kappa shape index (κ2) is 15.0. The Morgan fingerprint density at radius 1 is 0.886 bits per heavy atom. The Kier molecular flexibility index (Phi) is 11.1. The zero-order chi connectivity index (χ0) is 31.7. The van der Waals surface area contributed by atoms with Crippen molar-refractivity contribution in [3.8, 4) is 0 Å². The van der Waals surface area contributed by atoms with Crippen LogP contribution in [0.15, 0.2) is 108 Å². The van der Waals surface area contributed by atoms with Crippen molar-refractivity contribution in [3.05, 3.63) is 131 Å². The smallest absolute Gasteiger partial charge is 0.264 e. The summed E-state index contributed by atoms with van der Waals surface area (Å²) in [6.45, 7) is 3.48. The van der Waals surface area contributed by atoms with Crippen LogP contribution < -0.4 is 9.62 Å². The average Bonchev–Trinajstić information content (AvgIpc) is 3.02. The van der Waals surface area contributed by atoms with Crippen LogP contribution in [-0.2, 0) is 32.6 Å². The standard InChI is InChI=1S/C34H35ClFN3O4S/c1-3-21-37-34(41)32(22-26-9-5-4-6-10-26)38(23-27-11-7-8-12-31(27)35)33(40)24-39(29-17-15-28(36)16-18-29)44(42,43)30-19-13-25(2)14-20-30/h4-20,32H,3,21-24H2,1-2H3,(H,37,41)/t32-/m1/s1. The summed E-state index contributed by atoms with van der Waals surface area (Å²) < 4.78 is 42.8. The lowest BCUT2D eigenvalue weighted by molar-refractivity contribution is -0.140. The molecule has 230 valence electrons. The monoisotopic (exact) mass is 635 g/mol. The molecule has 4 aromatic rings. The third-order valence-corrected chi connectivity index (χ3v) is 9.28. The molecule has 2 amide bonds. The van der Waals surface area contributed by atoms with Gasteiger partial charge in [-0.2, -0.15) is 0 Å². The van der Waals surface area contributed by atoms with E-state index in [0.29, 0.717) is 23.6 Å². The molecule has 7 nitrogen and oxygen atoms in total. The van der Waals surface area contributed by atoms with Gasteiger partial charge in [-0.05, 0) is 66.9 Å². The SMILES string of the molecule is CCCNC(=O)[C@@H](Cc1ccccc1)N(Cc1ccccc1Cl)C(=O)CN(c1ccc(F)cc1)S(=O)(=O)c1ccc(C)cc1. The first-order valence-corrected chi connectivity index (χ1v) is 16.1. The van der Waals surface area contributed by atoms with E-state index in [1.165, 1.54) is 29.2 Å². The zero-order valence-electron chi connectivity index (χ0n) is 24.6. The Balaban J connectivity index is 1.80. The number of hydrogen-bond acceptors (Lipinski definition) is 4. The van der Waals surface area contributed by atoms with Gasteiger partial charge in [0, 0.05) is 24.5 Å². The maximum atomic E-state index is 14.4. The van der Waals surface area contributed by atoms with Gasteiger partial charge in [0.1, 0.15) is 18.4 Å². The van der Waals surface area contributed by atoms with Gasteiger partial charge in [-0.1, -0.05) is 84.8 Å². The molecule has 0 heterocycles. The number of nitrogens with zero attached hydrogens (tertiary/aromatic N) is 2. The number of halogens is 2. The molecule has 1 N–H and O–H groups in total. The lowest BCUT2D eigenvalue weighted by atomic mass is 10.0. The molecule has 4 rings (SSSR count). The van der Waals surface area contributed by atoms with Crippen molar-refractivity contribution in [2.45, 2.75) is 44.2 Å². The molecule has 4 aromatic carbocycles. The lowest BCUT2D eigenvalue weighted by Crippen LogP contribution is -2.53. The Labute approximate surface area is 263 Å². The molecule has 44 heavy (non-hydrogen) atoms. The van der Waals surface area contributed by atoms with Crippen molar-refractivity contribution in [3.63, 3.8) is 0 Å². The fraction of sp³-hybridized carbons (Fsp3) is 0.235. The minimum absolute atomic E-state index is 0.0283. The Bertz CT molecular complexity index is 1670. The first kappa shape index (κ1) is 32.7. The normalized spacial score (nSPS) is 11.9. The van der Waals surface area contributed by atoms with E-state index in [2.05, 4.69) is 5.32 Å². The number of carbonyl (C=O) groups excluding carboxylic acids is 2. The van der Waals surface area contributed by atoms with Crippen molar-refractivity contribution < 1.29 is 22.4 Å².